The molecule has 112 valence electrons. The number of pyridine rings is 1. The summed E-state index contributed by atoms with van der Waals surface area (Å²) in [5, 5.41) is 4.80. The first kappa shape index (κ1) is 14.7. The molecule has 0 amide bonds. The fourth-order valence-corrected chi connectivity index (χ4v) is 3.64. The van der Waals surface area contributed by atoms with Crippen LogP contribution in [0.1, 0.15) is 18.9 Å². The molecule has 1 fully saturated rings. The molecule has 0 atom stereocenters. The van der Waals surface area contributed by atoms with Gasteiger partial charge in [-0.1, -0.05) is 25.1 Å². The predicted octanol–water partition coefficient (Wildman–Crippen LogP) is 3.29. The van der Waals surface area contributed by atoms with E-state index in [-0.39, 0.29) is 0 Å². The average Bonchev–Trinajstić information content (AvgIpc) is 2.55. The van der Waals surface area contributed by atoms with E-state index in [0.29, 0.717) is 0 Å². The highest BCUT2D eigenvalue weighted by atomic mass is 32.2. The Balaban J connectivity index is 1.93. The molecular formula is C17H23N3S. The van der Waals surface area contributed by atoms with Crippen molar-refractivity contribution in [2.24, 2.45) is 0 Å². The molecule has 1 aliphatic rings. The van der Waals surface area contributed by atoms with Crippen LogP contribution in [-0.4, -0.2) is 36.1 Å². The number of nitrogens with one attached hydrogen (secondary N) is 1. The summed E-state index contributed by atoms with van der Waals surface area (Å²) in [6.45, 7) is 6.41. The Morgan fingerprint density at radius 3 is 2.86 bits per heavy atom. The molecule has 1 N–H and O–H groups in total. The SMILES string of the molecule is CCCNCc1cc(N2CCSCC2)nc2ccccc12. The minimum Gasteiger partial charge on any atom is -0.355 e. The highest BCUT2D eigenvalue weighted by Crippen LogP contribution is 2.24. The molecule has 2 aromatic rings. The van der Waals surface area contributed by atoms with E-state index in [1.165, 1.54) is 28.9 Å². The highest BCUT2D eigenvalue weighted by molar-refractivity contribution is 7.99. The molecule has 2 heterocycles. The molecule has 3 nitrogen and oxygen atoms in total. The number of benzene rings is 1. The van der Waals surface area contributed by atoms with E-state index >= 15 is 0 Å². The lowest BCUT2D eigenvalue weighted by atomic mass is 10.1. The summed E-state index contributed by atoms with van der Waals surface area (Å²) in [6.07, 6.45) is 1.17. The Morgan fingerprint density at radius 2 is 2.05 bits per heavy atom. The quantitative estimate of drug-likeness (QED) is 0.858. The topological polar surface area (TPSA) is 28.2 Å². The largest absolute Gasteiger partial charge is 0.355 e. The Bertz CT molecular complexity index is 594. The second-order valence-corrected chi connectivity index (χ2v) is 6.66. The molecule has 1 saturated heterocycles. The zero-order valence-electron chi connectivity index (χ0n) is 12.6. The fraction of sp³-hybridized carbons (Fsp3) is 0.471. The van der Waals surface area contributed by atoms with E-state index in [9.17, 15) is 0 Å². The number of nitrogens with zero attached hydrogens (tertiary/aromatic N) is 2. The maximum Gasteiger partial charge on any atom is 0.129 e. The molecule has 3 rings (SSSR count). The number of hydrogen-bond donors (Lipinski definition) is 1. The second-order valence-electron chi connectivity index (χ2n) is 5.43. The number of aromatic nitrogens is 1. The Hall–Kier alpha value is -1.26. The van der Waals surface area contributed by atoms with Crippen LogP contribution in [0.5, 0.6) is 0 Å². The summed E-state index contributed by atoms with van der Waals surface area (Å²) in [6, 6.07) is 10.8. The van der Waals surface area contributed by atoms with Gasteiger partial charge < -0.3 is 10.2 Å². The average molecular weight is 301 g/mol. The molecule has 0 bridgehead atoms. The normalized spacial score (nSPS) is 15.6. The van der Waals surface area contributed by atoms with Gasteiger partial charge in [0.2, 0.25) is 0 Å². The molecule has 0 aliphatic carbocycles. The van der Waals surface area contributed by atoms with Gasteiger partial charge in [-0.2, -0.15) is 11.8 Å². The van der Waals surface area contributed by atoms with Gasteiger partial charge in [-0.25, -0.2) is 4.98 Å². The number of hydrogen-bond acceptors (Lipinski definition) is 4. The fourth-order valence-electron chi connectivity index (χ4n) is 2.73. The van der Waals surface area contributed by atoms with Gasteiger partial charge in [0.15, 0.2) is 0 Å². The molecule has 21 heavy (non-hydrogen) atoms. The minimum atomic E-state index is 0.923. The molecular weight excluding hydrogens is 278 g/mol. The van der Waals surface area contributed by atoms with Gasteiger partial charge >= 0.3 is 0 Å². The van der Waals surface area contributed by atoms with Crippen LogP contribution in [0, 0.1) is 0 Å². The van der Waals surface area contributed by atoms with Crippen LogP contribution in [0.3, 0.4) is 0 Å². The van der Waals surface area contributed by atoms with Crippen molar-refractivity contribution in [3.8, 4) is 0 Å². The molecule has 0 spiro atoms. The Morgan fingerprint density at radius 1 is 1.24 bits per heavy atom. The van der Waals surface area contributed by atoms with Gasteiger partial charge in [0, 0.05) is 36.5 Å². The van der Waals surface area contributed by atoms with E-state index in [0.717, 1.165) is 37.5 Å². The van der Waals surface area contributed by atoms with Crippen molar-refractivity contribution in [2.45, 2.75) is 19.9 Å². The van der Waals surface area contributed by atoms with Crippen molar-refractivity contribution in [1.82, 2.24) is 10.3 Å². The van der Waals surface area contributed by atoms with Gasteiger partial charge in [0.25, 0.3) is 0 Å². The summed E-state index contributed by atoms with van der Waals surface area (Å²) in [5.41, 5.74) is 2.48. The molecule has 0 radical (unpaired) electrons. The van der Waals surface area contributed by atoms with Crippen LogP contribution in [0.4, 0.5) is 5.82 Å². The number of thioether (sulfide) groups is 1. The molecule has 1 aromatic carbocycles. The van der Waals surface area contributed by atoms with Crippen LogP contribution in [0.25, 0.3) is 10.9 Å². The number of rotatable bonds is 5. The van der Waals surface area contributed by atoms with Crippen molar-refractivity contribution in [3.05, 3.63) is 35.9 Å². The maximum absolute atomic E-state index is 4.88. The summed E-state index contributed by atoms with van der Waals surface area (Å²) in [5.74, 6) is 3.55. The first-order chi connectivity index (χ1) is 10.4. The number of anilines is 1. The first-order valence-electron chi connectivity index (χ1n) is 7.80. The van der Waals surface area contributed by atoms with E-state index < -0.39 is 0 Å². The van der Waals surface area contributed by atoms with Crippen molar-refractivity contribution < 1.29 is 0 Å². The van der Waals surface area contributed by atoms with Crippen molar-refractivity contribution in [3.63, 3.8) is 0 Å². The second kappa shape index (κ2) is 7.14. The zero-order chi connectivity index (χ0) is 14.5. The van der Waals surface area contributed by atoms with Gasteiger partial charge in [-0.05, 0) is 30.7 Å². The molecule has 0 saturated carbocycles. The summed E-state index contributed by atoms with van der Waals surface area (Å²) in [4.78, 5) is 7.30. The van der Waals surface area contributed by atoms with Crippen LogP contribution < -0.4 is 10.2 Å². The summed E-state index contributed by atoms with van der Waals surface area (Å²) in [7, 11) is 0. The summed E-state index contributed by atoms with van der Waals surface area (Å²) < 4.78 is 0. The monoisotopic (exact) mass is 301 g/mol. The lowest BCUT2D eigenvalue weighted by Crippen LogP contribution is -2.33. The molecule has 0 unspecified atom stereocenters. The third kappa shape index (κ3) is 3.50. The molecule has 4 heteroatoms. The highest BCUT2D eigenvalue weighted by Gasteiger charge is 2.14. The van der Waals surface area contributed by atoms with Crippen LogP contribution >= 0.6 is 11.8 Å². The summed E-state index contributed by atoms with van der Waals surface area (Å²) >= 11 is 2.04. The van der Waals surface area contributed by atoms with E-state index in [1.54, 1.807) is 0 Å². The van der Waals surface area contributed by atoms with Crippen LogP contribution in [0.15, 0.2) is 30.3 Å². The predicted molar refractivity (Wildman–Crippen MR) is 93.3 cm³/mol. The van der Waals surface area contributed by atoms with Crippen molar-refractivity contribution >= 4 is 28.5 Å². The van der Waals surface area contributed by atoms with E-state index in [4.69, 9.17) is 4.98 Å². The van der Waals surface area contributed by atoms with Crippen molar-refractivity contribution in [1.29, 1.82) is 0 Å². The lowest BCUT2D eigenvalue weighted by Gasteiger charge is -2.28. The third-order valence-electron chi connectivity index (χ3n) is 3.87. The standard InChI is InChI=1S/C17H23N3S/c1-2-7-18-13-14-12-17(20-8-10-21-11-9-20)19-16-6-4-3-5-15(14)16/h3-6,12,18H,2,7-11,13H2,1H3. The van der Waals surface area contributed by atoms with Gasteiger partial charge in [-0.15, -0.1) is 0 Å². The number of fused-ring (bicyclic) bond motifs is 1. The van der Waals surface area contributed by atoms with Gasteiger partial charge in [0.1, 0.15) is 5.82 Å². The van der Waals surface area contributed by atoms with E-state index in [1.807, 2.05) is 11.8 Å². The third-order valence-corrected chi connectivity index (χ3v) is 4.81. The smallest absolute Gasteiger partial charge is 0.129 e. The molecule has 1 aromatic heterocycles. The minimum absolute atomic E-state index is 0.923. The Kier molecular flexibility index (Phi) is 4.99. The molecule has 1 aliphatic heterocycles. The van der Waals surface area contributed by atoms with Crippen LogP contribution in [0.2, 0.25) is 0 Å². The van der Waals surface area contributed by atoms with E-state index in [2.05, 4.69) is 47.5 Å². The van der Waals surface area contributed by atoms with Crippen LogP contribution in [-0.2, 0) is 6.54 Å². The number of para-hydroxylation sites is 1. The van der Waals surface area contributed by atoms with Crippen molar-refractivity contribution in [2.75, 3.05) is 36.0 Å². The Labute approximate surface area is 131 Å². The lowest BCUT2D eigenvalue weighted by molar-refractivity contribution is 0.677. The maximum atomic E-state index is 4.88. The van der Waals surface area contributed by atoms with Gasteiger partial charge in [-0.3, -0.25) is 0 Å². The first-order valence-corrected chi connectivity index (χ1v) is 8.96. The van der Waals surface area contributed by atoms with Gasteiger partial charge in [0.05, 0.1) is 5.52 Å². The zero-order valence-corrected chi connectivity index (χ0v) is 13.5.